The van der Waals surface area contributed by atoms with Gasteiger partial charge in [0.1, 0.15) is 6.61 Å². The van der Waals surface area contributed by atoms with Gasteiger partial charge in [0.25, 0.3) is 0 Å². The predicted molar refractivity (Wildman–Crippen MR) is 116 cm³/mol. The molecule has 177 valence electrons. The Bertz CT molecular complexity index is 814. The number of hydrogen-bond donors (Lipinski definition) is 2. The van der Waals surface area contributed by atoms with E-state index < -0.39 is 30.2 Å². The summed E-state index contributed by atoms with van der Waals surface area (Å²) in [6, 6.07) is 9.21. The van der Waals surface area contributed by atoms with Crippen LogP contribution in [0.5, 0.6) is 0 Å². The van der Waals surface area contributed by atoms with Gasteiger partial charge in [-0.25, -0.2) is 14.4 Å². The first-order valence-corrected chi connectivity index (χ1v) is 10.5. The molecular weight excluding hydrogens is 505 g/mol. The molecule has 0 saturated carbocycles. The Morgan fingerprint density at radius 2 is 1.76 bits per heavy atom. The second-order valence-corrected chi connectivity index (χ2v) is 7.08. The maximum atomic E-state index is 11.7. The van der Waals surface area contributed by atoms with Gasteiger partial charge >= 0.3 is 18.0 Å². The summed E-state index contributed by atoms with van der Waals surface area (Å²) in [6.45, 7) is 0.398. The first-order chi connectivity index (χ1) is 15.5. The van der Waals surface area contributed by atoms with Crippen LogP contribution >= 0.6 is 0 Å². The second kappa shape index (κ2) is 16.5. The van der Waals surface area contributed by atoms with Crippen molar-refractivity contribution in [3.05, 3.63) is 65.4 Å². The maximum absolute atomic E-state index is 11.7. The Morgan fingerprint density at radius 3 is 2.30 bits per heavy atom. The number of rotatable bonds is 8. The van der Waals surface area contributed by atoms with Crippen molar-refractivity contribution in [3.8, 4) is 0 Å². The molecule has 1 aliphatic heterocycles. The van der Waals surface area contributed by atoms with Crippen molar-refractivity contribution in [2.75, 3.05) is 19.7 Å². The molecule has 10 heteroatoms. The van der Waals surface area contributed by atoms with Crippen LogP contribution in [0.3, 0.4) is 0 Å². The Balaban J connectivity index is 0.000000511. The van der Waals surface area contributed by atoms with E-state index in [2.05, 4.69) is 17.5 Å². The number of allylic oxidation sites excluding steroid dienone is 2. The molecule has 33 heavy (non-hydrogen) atoms. The molecule has 9 nitrogen and oxygen atoms in total. The van der Waals surface area contributed by atoms with Crippen molar-refractivity contribution in [2.45, 2.75) is 44.5 Å². The summed E-state index contributed by atoms with van der Waals surface area (Å²) in [4.78, 5) is 34.9. The van der Waals surface area contributed by atoms with Crippen LogP contribution in [-0.2, 0) is 63.1 Å². The molecule has 2 aliphatic rings. The second-order valence-electron chi connectivity index (χ2n) is 7.08. The van der Waals surface area contributed by atoms with Crippen LogP contribution in [0.2, 0.25) is 0 Å². The number of ether oxygens (including phenoxy) is 3. The summed E-state index contributed by atoms with van der Waals surface area (Å²) in [5.41, 5.74) is 8.96. The maximum Gasteiger partial charge on any atom is 0.407 e. The zero-order valence-corrected chi connectivity index (χ0v) is 21.2. The number of hydrogen-bond acceptors (Lipinski definition) is 7. The van der Waals surface area contributed by atoms with Crippen molar-refractivity contribution >= 4 is 18.0 Å². The molecule has 1 heterocycles. The van der Waals surface area contributed by atoms with Gasteiger partial charge in [0.2, 0.25) is 6.10 Å². The average Bonchev–Trinajstić information content (AvgIpc) is 2.82. The summed E-state index contributed by atoms with van der Waals surface area (Å²) in [6.07, 6.45) is 5.88. The van der Waals surface area contributed by atoms with Gasteiger partial charge in [0, 0.05) is 45.7 Å². The molecule has 2 unspecified atom stereocenters. The molecule has 1 amide bonds. The van der Waals surface area contributed by atoms with Crippen LogP contribution in [0, 0.1) is 0 Å². The number of carbonyl (C=O) groups excluding carboxylic acids is 3. The fraction of sp³-hybridized carbons (Fsp3) is 0.435. The SMILES string of the molecule is OCC1=CCCC=C1.[NH-]CCC1OC(=O)C(CCNC(=O)OCc2ccccc2)OC1=O.[Y]. The number of alkyl carbamates (subject to hydrolysis) is 1. The molecule has 1 aliphatic carbocycles. The number of aliphatic hydroxyl groups is 1. The van der Waals surface area contributed by atoms with E-state index in [4.69, 9.17) is 25.1 Å². The molecule has 0 spiro atoms. The minimum Gasteiger partial charge on any atom is -0.677 e. The number of esters is 2. The number of nitrogens with one attached hydrogen (secondary N) is 2. The van der Waals surface area contributed by atoms with E-state index in [0.29, 0.717) is 0 Å². The number of benzene rings is 1. The Morgan fingerprint density at radius 1 is 1.09 bits per heavy atom. The molecule has 1 fully saturated rings. The minimum atomic E-state index is -1.05. The minimum absolute atomic E-state index is 0. The first-order valence-electron chi connectivity index (χ1n) is 10.5. The quantitative estimate of drug-likeness (QED) is 0.387. The summed E-state index contributed by atoms with van der Waals surface area (Å²) < 4.78 is 14.9. The third kappa shape index (κ3) is 11.1. The van der Waals surface area contributed by atoms with Gasteiger partial charge in [-0.3, -0.25) is 0 Å². The van der Waals surface area contributed by atoms with Crippen molar-refractivity contribution in [1.82, 2.24) is 5.32 Å². The topological polar surface area (TPSA) is 135 Å². The molecule has 3 N–H and O–H groups in total. The van der Waals surface area contributed by atoms with Crippen molar-refractivity contribution in [2.24, 2.45) is 0 Å². The Kier molecular flexibility index (Phi) is 14.5. The molecule has 1 aromatic rings. The van der Waals surface area contributed by atoms with Gasteiger partial charge in [-0.05, 0) is 30.4 Å². The molecule has 1 radical (unpaired) electrons. The largest absolute Gasteiger partial charge is 0.677 e. The predicted octanol–water partition coefficient (Wildman–Crippen LogP) is 2.84. The third-order valence-corrected chi connectivity index (χ3v) is 4.59. The summed E-state index contributed by atoms with van der Waals surface area (Å²) in [5.74, 6) is -1.31. The van der Waals surface area contributed by atoms with Gasteiger partial charge < -0.3 is 30.4 Å². The zero-order valence-electron chi connectivity index (χ0n) is 18.4. The summed E-state index contributed by atoms with van der Waals surface area (Å²) in [7, 11) is 0. The van der Waals surface area contributed by atoms with E-state index in [0.717, 1.165) is 24.0 Å². The molecule has 0 aromatic heterocycles. The van der Waals surface area contributed by atoms with E-state index in [1.807, 2.05) is 36.4 Å². The average molecular weight is 534 g/mol. The number of carbonyl (C=O) groups is 3. The first kappa shape index (κ1) is 29.0. The standard InChI is InChI=1S/C16H19N2O6.C7H10O.Y/c17-8-6-12-14(19)24-13(15(20)23-12)7-9-18-16(21)22-10-11-4-2-1-3-5-11;8-6-7-4-2-1-3-5-7;/h1-5,12-13,17H,6-10H2,(H,18,21);2,4-5,8H,1,3,6H2;/q-1;;. The number of aliphatic hydroxyl groups excluding tert-OH is 1. The number of amides is 1. The van der Waals surface area contributed by atoms with Gasteiger partial charge in [-0.15, -0.1) is 6.54 Å². The van der Waals surface area contributed by atoms with E-state index in [1.54, 1.807) is 0 Å². The van der Waals surface area contributed by atoms with Crippen LogP contribution in [0.1, 0.15) is 31.2 Å². The Labute approximate surface area is 218 Å². The van der Waals surface area contributed by atoms with E-state index in [-0.39, 0.29) is 71.9 Å². The normalized spacial score (nSPS) is 19.0. The van der Waals surface area contributed by atoms with Crippen molar-refractivity contribution < 1.29 is 66.4 Å². The summed E-state index contributed by atoms with van der Waals surface area (Å²) in [5, 5.41) is 11.1. The number of cyclic esters (lactones) is 2. The smallest absolute Gasteiger partial charge is 0.407 e. The molecule has 2 atom stereocenters. The van der Waals surface area contributed by atoms with Gasteiger partial charge in [-0.2, -0.15) is 0 Å². The van der Waals surface area contributed by atoms with Crippen LogP contribution in [0.25, 0.3) is 5.73 Å². The van der Waals surface area contributed by atoms with Crippen LogP contribution < -0.4 is 5.32 Å². The van der Waals surface area contributed by atoms with Gasteiger partial charge in [0.15, 0.2) is 6.10 Å². The molecular formula is C23H29N2O7Y-. The fourth-order valence-corrected chi connectivity index (χ4v) is 2.88. The van der Waals surface area contributed by atoms with Crippen LogP contribution in [0.4, 0.5) is 4.79 Å². The monoisotopic (exact) mass is 534 g/mol. The molecule has 3 rings (SSSR count). The molecule has 1 saturated heterocycles. The molecule has 0 bridgehead atoms. The Hall–Kier alpha value is -2.07. The summed E-state index contributed by atoms with van der Waals surface area (Å²) >= 11 is 0. The van der Waals surface area contributed by atoms with Crippen LogP contribution in [0.15, 0.2) is 54.1 Å². The fourth-order valence-electron chi connectivity index (χ4n) is 2.88. The third-order valence-electron chi connectivity index (χ3n) is 4.59. The van der Waals surface area contributed by atoms with Crippen LogP contribution in [-0.4, -0.2) is 55.0 Å². The molecule has 1 aromatic carbocycles. The van der Waals surface area contributed by atoms with Gasteiger partial charge in [0.05, 0.1) is 6.61 Å². The van der Waals surface area contributed by atoms with Crippen molar-refractivity contribution in [1.29, 1.82) is 0 Å². The van der Waals surface area contributed by atoms with E-state index >= 15 is 0 Å². The zero-order chi connectivity index (χ0) is 23.2. The van der Waals surface area contributed by atoms with Crippen molar-refractivity contribution in [3.63, 3.8) is 0 Å². The van der Waals surface area contributed by atoms with Gasteiger partial charge in [-0.1, -0.05) is 48.6 Å². The van der Waals surface area contributed by atoms with E-state index in [1.165, 1.54) is 0 Å². The van der Waals surface area contributed by atoms with E-state index in [9.17, 15) is 14.4 Å².